The highest BCUT2D eigenvalue weighted by Gasteiger charge is 2.10. The summed E-state index contributed by atoms with van der Waals surface area (Å²) in [4.78, 5) is 11.9. The van der Waals surface area contributed by atoms with Crippen LogP contribution in [0.3, 0.4) is 0 Å². The summed E-state index contributed by atoms with van der Waals surface area (Å²) in [6.07, 6.45) is 1.76. The Morgan fingerprint density at radius 2 is 1.93 bits per heavy atom. The van der Waals surface area contributed by atoms with Gasteiger partial charge >= 0.3 is 0 Å². The molecule has 3 nitrogen and oxygen atoms in total. The van der Waals surface area contributed by atoms with Crippen LogP contribution in [0.5, 0.6) is 0 Å². The van der Waals surface area contributed by atoms with E-state index in [9.17, 15) is 4.79 Å². The Labute approximate surface area is 95.9 Å². The minimum atomic E-state index is -0.0527. The molecule has 0 bridgehead atoms. The molecule has 76 valence electrons. The van der Waals surface area contributed by atoms with Gasteiger partial charge in [-0.3, -0.25) is 9.48 Å². The molecule has 1 aromatic carbocycles. The molecule has 0 N–H and O–H groups in total. The van der Waals surface area contributed by atoms with Gasteiger partial charge in [0.15, 0.2) is 0 Å². The third-order valence-corrected chi connectivity index (χ3v) is 2.58. The van der Waals surface area contributed by atoms with Crippen molar-refractivity contribution < 1.29 is 4.79 Å². The summed E-state index contributed by atoms with van der Waals surface area (Å²) in [6, 6.07) is 8.96. The molecular formula is C11H9BrN2O. The summed E-state index contributed by atoms with van der Waals surface area (Å²) in [6.45, 7) is 0. The molecule has 0 saturated heterocycles. The second-order valence-electron chi connectivity index (χ2n) is 3.21. The zero-order chi connectivity index (χ0) is 10.8. The molecule has 2 aromatic rings. The third kappa shape index (κ3) is 2.15. The average molecular weight is 265 g/mol. The fourth-order valence-corrected chi connectivity index (χ4v) is 1.55. The Kier molecular flexibility index (Phi) is 2.68. The second-order valence-corrected chi connectivity index (χ2v) is 4.13. The molecule has 1 aromatic heterocycles. The van der Waals surface area contributed by atoms with Crippen molar-refractivity contribution in [2.45, 2.75) is 0 Å². The lowest BCUT2D eigenvalue weighted by atomic mass is 10.1. The van der Waals surface area contributed by atoms with E-state index in [4.69, 9.17) is 0 Å². The number of ketones is 1. The van der Waals surface area contributed by atoms with Crippen LogP contribution in [0.15, 0.2) is 41.0 Å². The van der Waals surface area contributed by atoms with Crippen LogP contribution in [-0.2, 0) is 7.05 Å². The Hall–Kier alpha value is -1.42. The second kappa shape index (κ2) is 3.98. The van der Waals surface area contributed by atoms with Crippen molar-refractivity contribution in [3.05, 3.63) is 52.3 Å². The number of rotatable bonds is 2. The van der Waals surface area contributed by atoms with Gasteiger partial charge in [0.05, 0.1) is 0 Å². The first-order valence-corrected chi connectivity index (χ1v) is 5.26. The third-order valence-electron chi connectivity index (χ3n) is 2.05. The van der Waals surface area contributed by atoms with E-state index in [0.29, 0.717) is 11.3 Å². The summed E-state index contributed by atoms with van der Waals surface area (Å²) < 4.78 is 2.58. The molecule has 1 heterocycles. The molecule has 0 aliphatic rings. The maximum atomic E-state index is 11.9. The highest BCUT2D eigenvalue weighted by atomic mass is 79.9. The molecule has 0 fully saturated rings. The quantitative estimate of drug-likeness (QED) is 0.781. The Morgan fingerprint density at radius 3 is 2.47 bits per heavy atom. The van der Waals surface area contributed by atoms with Crippen molar-refractivity contribution in [3.8, 4) is 0 Å². The van der Waals surface area contributed by atoms with Crippen LogP contribution in [0, 0.1) is 0 Å². The normalized spacial score (nSPS) is 10.3. The zero-order valence-corrected chi connectivity index (χ0v) is 9.73. The minimum absolute atomic E-state index is 0.0527. The van der Waals surface area contributed by atoms with Gasteiger partial charge in [0.1, 0.15) is 5.69 Å². The number of aryl methyl sites for hydroxylation is 1. The highest BCUT2D eigenvalue weighted by molar-refractivity contribution is 9.10. The molecule has 4 heteroatoms. The maximum Gasteiger partial charge on any atom is 0.213 e. The molecule has 0 unspecified atom stereocenters. The van der Waals surface area contributed by atoms with Gasteiger partial charge in [-0.15, -0.1) is 0 Å². The molecule has 15 heavy (non-hydrogen) atoms. The van der Waals surface area contributed by atoms with Gasteiger partial charge in [0.25, 0.3) is 0 Å². The van der Waals surface area contributed by atoms with Gasteiger partial charge in [-0.25, -0.2) is 0 Å². The van der Waals surface area contributed by atoms with Gasteiger partial charge in [0.2, 0.25) is 5.78 Å². The van der Waals surface area contributed by atoms with Crippen molar-refractivity contribution in [3.63, 3.8) is 0 Å². The molecule has 0 amide bonds. The first kappa shape index (κ1) is 10.1. The van der Waals surface area contributed by atoms with E-state index in [0.717, 1.165) is 4.47 Å². The first-order chi connectivity index (χ1) is 7.16. The number of benzene rings is 1. The summed E-state index contributed by atoms with van der Waals surface area (Å²) in [5.41, 5.74) is 1.12. The van der Waals surface area contributed by atoms with Gasteiger partial charge < -0.3 is 0 Å². The number of nitrogens with zero attached hydrogens (tertiary/aromatic N) is 2. The van der Waals surface area contributed by atoms with Crippen LogP contribution in [0.1, 0.15) is 16.1 Å². The number of aromatic nitrogens is 2. The number of carbonyl (C=O) groups excluding carboxylic acids is 1. The van der Waals surface area contributed by atoms with Crippen LogP contribution in [0.25, 0.3) is 0 Å². The van der Waals surface area contributed by atoms with E-state index in [1.165, 1.54) is 0 Å². The van der Waals surface area contributed by atoms with Crippen molar-refractivity contribution in [2.24, 2.45) is 7.05 Å². The van der Waals surface area contributed by atoms with Crippen LogP contribution in [-0.4, -0.2) is 15.6 Å². The first-order valence-electron chi connectivity index (χ1n) is 4.47. The fraction of sp³-hybridized carbons (Fsp3) is 0.0909. The molecule has 2 rings (SSSR count). The monoisotopic (exact) mass is 264 g/mol. The molecule has 0 saturated carbocycles. The van der Waals surface area contributed by atoms with E-state index in [2.05, 4.69) is 21.0 Å². The van der Waals surface area contributed by atoms with E-state index >= 15 is 0 Å². The van der Waals surface area contributed by atoms with Crippen LogP contribution in [0.2, 0.25) is 0 Å². The highest BCUT2D eigenvalue weighted by Crippen LogP contribution is 2.13. The largest absolute Gasteiger partial charge is 0.287 e. The van der Waals surface area contributed by atoms with Crippen LogP contribution < -0.4 is 0 Å². The van der Waals surface area contributed by atoms with Gasteiger partial charge in [-0.05, 0) is 30.3 Å². The Bertz CT molecular complexity index is 488. The molecule has 0 radical (unpaired) electrons. The number of halogens is 1. The predicted molar refractivity (Wildman–Crippen MR) is 60.8 cm³/mol. The van der Waals surface area contributed by atoms with E-state index in [1.807, 2.05) is 12.1 Å². The van der Waals surface area contributed by atoms with E-state index < -0.39 is 0 Å². The van der Waals surface area contributed by atoms with Crippen LogP contribution in [0.4, 0.5) is 0 Å². The van der Waals surface area contributed by atoms with E-state index in [1.54, 1.807) is 36.1 Å². The van der Waals surface area contributed by atoms with Gasteiger partial charge in [-0.2, -0.15) is 5.10 Å². The molecular weight excluding hydrogens is 256 g/mol. The molecule has 0 aliphatic carbocycles. The van der Waals surface area contributed by atoms with Crippen molar-refractivity contribution in [1.82, 2.24) is 9.78 Å². The minimum Gasteiger partial charge on any atom is -0.287 e. The molecule has 0 spiro atoms. The summed E-state index contributed by atoms with van der Waals surface area (Å²) in [5, 5.41) is 4.06. The Morgan fingerprint density at radius 1 is 1.27 bits per heavy atom. The maximum absolute atomic E-state index is 11.9. The molecule has 0 aliphatic heterocycles. The van der Waals surface area contributed by atoms with E-state index in [-0.39, 0.29) is 5.78 Å². The lowest BCUT2D eigenvalue weighted by molar-refractivity contribution is 0.103. The fourth-order valence-electron chi connectivity index (χ4n) is 1.29. The SMILES string of the molecule is Cn1ccc(C(=O)c2ccc(Br)cc2)n1. The summed E-state index contributed by atoms with van der Waals surface area (Å²) in [5.74, 6) is -0.0527. The average Bonchev–Trinajstić information content (AvgIpc) is 2.65. The standard InChI is InChI=1S/C11H9BrN2O/c1-14-7-6-10(13-14)11(15)8-2-4-9(12)5-3-8/h2-7H,1H3. The number of hydrogen-bond acceptors (Lipinski definition) is 2. The molecule has 0 atom stereocenters. The van der Waals surface area contributed by atoms with Crippen molar-refractivity contribution >= 4 is 21.7 Å². The number of carbonyl (C=O) groups is 1. The van der Waals surface area contributed by atoms with Crippen LogP contribution >= 0.6 is 15.9 Å². The smallest absolute Gasteiger partial charge is 0.213 e. The van der Waals surface area contributed by atoms with Gasteiger partial charge in [0, 0.05) is 23.3 Å². The predicted octanol–water partition coefficient (Wildman–Crippen LogP) is 2.41. The topological polar surface area (TPSA) is 34.9 Å². The number of hydrogen-bond donors (Lipinski definition) is 0. The zero-order valence-electron chi connectivity index (χ0n) is 8.14. The summed E-state index contributed by atoms with van der Waals surface area (Å²) in [7, 11) is 1.79. The lowest BCUT2D eigenvalue weighted by Crippen LogP contribution is -2.02. The van der Waals surface area contributed by atoms with Crippen molar-refractivity contribution in [1.29, 1.82) is 0 Å². The van der Waals surface area contributed by atoms with Gasteiger partial charge in [-0.1, -0.05) is 15.9 Å². The summed E-state index contributed by atoms with van der Waals surface area (Å²) >= 11 is 3.32. The Balaban J connectivity index is 2.32. The van der Waals surface area contributed by atoms with Crippen molar-refractivity contribution in [2.75, 3.05) is 0 Å². The lowest BCUT2D eigenvalue weighted by Gasteiger charge is -1.97.